The van der Waals surface area contributed by atoms with E-state index in [0.717, 1.165) is 19.3 Å². The number of piperidine rings is 1. The Morgan fingerprint density at radius 3 is 2.39 bits per heavy atom. The maximum Gasteiger partial charge on any atom is 0.338 e. The quantitative estimate of drug-likeness (QED) is 0.771. The number of carbonyl (C=O) groups is 3. The van der Waals surface area contributed by atoms with E-state index in [4.69, 9.17) is 4.74 Å². The lowest BCUT2D eigenvalue weighted by Gasteiger charge is -2.38. The van der Waals surface area contributed by atoms with E-state index in [1.807, 2.05) is 30.2 Å². The number of benzene rings is 1. The molecule has 28 heavy (non-hydrogen) atoms. The third-order valence-corrected chi connectivity index (χ3v) is 5.80. The van der Waals surface area contributed by atoms with E-state index in [1.54, 1.807) is 30.3 Å². The van der Waals surface area contributed by atoms with Crippen molar-refractivity contribution in [2.75, 3.05) is 11.9 Å². The van der Waals surface area contributed by atoms with E-state index in [0.29, 0.717) is 16.1 Å². The van der Waals surface area contributed by atoms with Gasteiger partial charge in [-0.25, -0.2) is 4.79 Å². The molecule has 0 spiro atoms. The highest BCUT2D eigenvalue weighted by atomic mass is 32.1. The van der Waals surface area contributed by atoms with Gasteiger partial charge in [0.15, 0.2) is 6.61 Å². The Bertz CT molecular complexity index is 823. The summed E-state index contributed by atoms with van der Waals surface area (Å²) < 4.78 is 5.20. The minimum atomic E-state index is -0.554. The van der Waals surface area contributed by atoms with Crippen molar-refractivity contribution in [2.45, 2.75) is 45.2 Å². The summed E-state index contributed by atoms with van der Waals surface area (Å²) in [6.07, 6.45) is 3.06. The van der Waals surface area contributed by atoms with Crippen LogP contribution in [0.5, 0.6) is 0 Å². The van der Waals surface area contributed by atoms with Crippen LogP contribution in [-0.2, 0) is 9.53 Å². The first kappa shape index (κ1) is 20.1. The molecule has 2 heterocycles. The molecule has 2 amide bonds. The number of hydrogen-bond acceptors (Lipinski definition) is 5. The fourth-order valence-corrected chi connectivity index (χ4v) is 4.11. The van der Waals surface area contributed by atoms with Crippen LogP contribution in [0.1, 0.15) is 53.1 Å². The summed E-state index contributed by atoms with van der Waals surface area (Å²) in [7, 11) is 0. The van der Waals surface area contributed by atoms with Crippen molar-refractivity contribution >= 4 is 34.8 Å². The summed E-state index contributed by atoms with van der Waals surface area (Å²) in [5.74, 6) is -0.907. The normalized spacial score (nSPS) is 19.1. The Morgan fingerprint density at radius 1 is 1.11 bits per heavy atom. The molecule has 1 aromatic heterocycles. The molecule has 0 radical (unpaired) electrons. The van der Waals surface area contributed by atoms with Gasteiger partial charge in [0, 0.05) is 17.8 Å². The molecule has 1 fully saturated rings. The molecule has 1 aromatic carbocycles. The Hall–Kier alpha value is -2.67. The highest BCUT2D eigenvalue weighted by molar-refractivity contribution is 7.12. The lowest BCUT2D eigenvalue weighted by atomic mass is 9.97. The van der Waals surface area contributed by atoms with Crippen molar-refractivity contribution in [3.8, 4) is 0 Å². The smallest absolute Gasteiger partial charge is 0.338 e. The Labute approximate surface area is 168 Å². The predicted molar refractivity (Wildman–Crippen MR) is 109 cm³/mol. The van der Waals surface area contributed by atoms with Crippen LogP contribution in [0.4, 0.5) is 5.69 Å². The number of ether oxygens (including phenoxy) is 1. The number of likely N-dealkylation sites (tertiary alicyclic amines) is 1. The third kappa shape index (κ3) is 4.78. The minimum Gasteiger partial charge on any atom is -0.452 e. The zero-order valence-electron chi connectivity index (χ0n) is 16.0. The fourth-order valence-electron chi connectivity index (χ4n) is 3.49. The van der Waals surface area contributed by atoms with E-state index < -0.39 is 5.97 Å². The summed E-state index contributed by atoms with van der Waals surface area (Å²) in [6.45, 7) is 3.79. The van der Waals surface area contributed by atoms with Gasteiger partial charge in [0.25, 0.3) is 11.8 Å². The van der Waals surface area contributed by atoms with Crippen LogP contribution < -0.4 is 5.32 Å². The van der Waals surface area contributed by atoms with Crippen molar-refractivity contribution in [1.29, 1.82) is 0 Å². The average Bonchev–Trinajstić information content (AvgIpc) is 3.21. The molecule has 2 atom stereocenters. The fraction of sp³-hybridized carbons (Fsp3) is 0.381. The van der Waals surface area contributed by atoms with E-state index in [9.17, 15) is 14.4 Å². The molecule has 0 saturated carbocycles. The molecule has 3 rings (SSSR count). The SMILES string of the molecule is CC1CCCC(C)N1C(=O)COC(=O)c1ccc(NC(=O)c2cccs2)cc1. The third-order valence-electron chi connectivity index (χ3n) is 4.93. The second-order valence-electron chi connectivity index (χ2n) is 7.01. The molecule has 2 aromatic rings. The van der Waals surface area contributed by atoms with Gasteiger partial charge in [0.1, 0.15) is 0 Å². The number of carbonyl (C=O) groups excluding carboxylic acids is 3. The maximum absolute atomic E-state index is 12.4. The van der Waals surface area contributed by atoms with Crippen LogP contribution in [0.25, 0.3) is 0 Å². The molecule has 0 aliphatic carbocycles. The van der Waals surface area contributed by atoms with Crippen molar-refractivity contribution in [3.05, 3.63) is 52.2 Å². The number of nitrogens with zero attached hydrogens (tertiary/aromatic N) is 1. The standard InChI is InChI=1S/C21H24N2O4S/c1-14-5-3-6-15(2)23(14)19(24)13-27-21(26)16-8-10-17(11-9-16)22-20(25)18-7-4-12-28-18/h4,7-12,14-15H,3,5-6,13H2,1-2H3,(H,22,25). The van der Waals surface area contributed by atoms with Crippen LogP contribution in [0, 0.1) is 0 Å². The highest BCUT2D eigenvalue weighted by Gasteiger charge is 2.29. The molecule has 1 aliphatic heterocycles. The van der Waals surface area contributed by atoms with E-state index in [2.05, 4.69) is 5.32 Å². The lowest BCUT2D eigenvalue weighted by Crippen LogP contribution is -2.49. The van der Waals surface area contributed by atoms with Crippen LogP contribution in [0.3, 0.4) is 0 Å². The number of thiophene rings is 1. The monoisotopic (exact) mass is 400 g/mol. The van der Waals surface area contributed by atoms with E-state index in [1.165, 1.54) is 11.3 Å². The number of anilines is 1. The molecule has 0 bridgehead atoms. The first-order chi connectivity index (χ1) is 13.5. The van der Waals surface area contributed by atoms with Gasteiger partial charge in [0.05, 0.1) is 10.4 Å². The summed E-state index contributed by atoms with van der Waals surface area (Å²) >= 11 is 1.36. The first-order valence-corrected chi connectivity index (χ1v) is 10.3. The zero-order chi connectivity index (χ0) is 20.1. The average molecular weight is 401 g/mol. The largest absolute Gasteiger partial charge is 0.452 e. The van der Waals surface area contributed by atoms with Crippen LogP contribution in [-0.4, -0.2) is 41.4 Å². The Balaban J connectivity index is 1.53. The molecule has 1 aliphatic rings. The molecule has 1 N–H and O–H groups in total. The van der Waals surface area contributed by atoms with Gasteiger partial charge in [-0.05, 0) is 68.8 Å². The van der Waals surface area contributed by atoms with Gasteiger partial charge in [-0.15, -0.1) is 11.3 Å². The van der Waals surface area contributed by atoms with Crippen LogP contribution >= 0.6 is 11.3 Å². The van der Waals surface area contributed by atoms with Crippen molar-refractivity contribution in [1.82, 2.24) is 4.90 Å². The number of hydrogen-bond donors (Lipinski definition) is 1. The predicted octanol–water partition coefficient (Wildman–Crippen LogP) is 3.95. The molecule has 6 nitrogen and oxygen atoms in total. The Morgan fingerprint density at radius 2 is 1.79 bits per heavy atom. The molecule has 2 unspecified atom stereocenters. The Kier molecular flexibility index (Phi) is 6.46. The minimum absolute atomic E-state index is 0.159. The molecular weight excluding hydrogens is 376 g/mol. The van der Waals surface area contributed by atoms with Crippen molar-refractivity contribution in [2.24, 2.45) is 0 Å². The summed E-state index contributed by atoms with van der Waals surface area (Å²) in [5, 5.41) is 4.61. The molecule has 148 valence electrons. The van der Waals surface area contributed by atoms with Gasteiger partial charge in [-0.3, -0.25) is 9.59 Å². The highest BCUT2D eigenvalue weighted by Crippen LogP contribution is 2.22. The van der Waals surface area contributed by atoms with E-state index in [-0.39, 0.29) is 30.5 Å². The first-order valence-electron chi connectivity index (χ1n) is 9.39. The number of rotatable bonds is 5. The van der Waals surface area contributed by atoms with Crippen LogP contribution in [0.15, 0.2) is 41.8 Å². The zero-order valence-corrected chi connectivity index (χ0v) is 16.8. The van der Waals surface area contributed by atoms with Crippen molar-refractivity contribution < 1.29 is 19.1 Å². The summed E-state index contributed by atoms with van der Waals surface area (Å²) in [6, 6.07) is 10.3. The van der Waals surface area contributed by atoms with Crippen LogP contribution in [0.2, 0.25) is 0 Å². The van der Waals surface area contributed by atoms with Gasteiger partial charge < -0.3 is 15.0 Å². The number of nitrogens with one attached hydrogen (secondary N) is 1. The number of esters is 1. The van der Waals surface area contributed by atoms with Gasteiger partial charge in [-0.2, -0.15) is 0 Å². The lowest BCUT2D eigenvalue weighted by molar-refractivity contribution is -0.140. The molecular formula is C21H24N2O4S. The van der Waals surface area contributed by atoms with Gasteiger partial charge >= 0.3 is 5.97 Å². The van der Waals surface area contributed by atoms with Crippen molar-refractivity contribution in [3.63, 3.8) is 0 Å². The summed E-state index contributed by atoms with van der Waals surface area (Å²) in [5.41, 5.74) is 0.920. The molecule has 1 saturated heterocycles. The second kappa shape index (κ2) is 9.01. The topological polar surface area (TPSA) is 75.7 Å². The second-order valence-corrected chi connectivity index (χ2v) is 7.96. The molecule has 7 heteroatoms. The van der Waals surface area contributed by atoms with E-state index >= 15 is 0 Å². The van der Waals surface area contributed by atoms with Gasteiger partial charge in [-0.1, -0.05) is 6.07 Å². The maximum atomic E-state index is 12.4. The summed E-state index contributed by atoms with van der Waals surface area (Å²) in [4.78, 5) is 39.2. The number of amides is 2. The van der Waals surface area contributed by atoms with Gasteiger partial charge in [0.2, 0.25) is 0 Å².